The second kappa shape index (κ2) is 7.06. The maximum atomic E-state index is 10.9. The maximum Gasteiger partial charge on any atom is 0.307 e. The Kier molecular flexibility index (Phi) is 6.70. The molecule has 0 amide bonds. The van der Waals surface area contributed by atoms with Gasteiger partial charge in [0.1, 0.15) is 0 Å². The molecule has 0 aromatic rings. The van der Waals surface area contributed by atoms with Crippen molar-refractivity contribution in [3.8, 4) is 0 Å². The summed E-state index contributed by atoms with van der Waals surface area (Å²) in [6.45, 7) is 2.30. The van der Waals surface area contributed by atoms with Gasteiger partial charge < -0.3 is 15.6 Å². The molecule has 3 N–H and O–H groups in total. The van der Waals surface area contributed by atoms with E-state index in [0.717, 1.165) is 12.8 Å². The molecule has 0 saturated carbocycles. The number of nitrogens with two attached hydrogens (primary N) is 1. The number of carbonyl (C=O) groups excluding carboxylic acids is 1. The van der Waals surface area contributed by atoms with Crippen molar-refractivity contribution in [1.82, 2.24) is 0 Å². The largest absolute Gasteiger partial charge is 0.466 e. The second-order valence-corrected chi connectivity index (χ2v) is 2.72. The highest BCUT2D eigenvalue weighted by molar-refractivity contribution is 5.70. The van der Waals surface area contributed by atoms with Crippen molar-refractivity contribution in [2.24, 2.45) is 5.73 Å². The minimum Gasteiger partial charge on any atom is -0.466 e. The fraction of sp³-hybridized carbons (Fsp3) is 0.875. The first-order valence-corrected chi connectivity index (χ1v) is 4.22. The summed E-state index contributed by atoms with van der Waals surface area (Å²) in [5, 5.41) is 8.52. The smallest absolute Gasteiger partial charge is 0.307 e. The molecule has 0 heterocycles. The summed E-state index contributed by atoms with van der Waals surface area (Å²) in [4.78, 5) is 10.9. The summed E-state index contributed by atoms with van der Waals surface area (Å²) in [6, 6.07) is -0.487. The van der Waals surface area contributed by atoms with Crippen molar-refractivity contribution >= 4 is 5.97 Å². The fourth-order valence-corrected chi connectivity index (χ4v) is 0.668. The van der Waals surface area contributed by atoms with Crippen molar-refractivity contribution < 1.29 is 14.6 Å². The highest BCUT2D eigenvalue weighted by Gasteiger charge is 2.08. The highest BCUT2D eigenvalue weighted by Crippen LogP contribution is 1.94. The average Bonchev–Trinajstić information content (AvgIpc) is 2.05. The van der Waals surface area contributed by atoms with E-state index in [9.17, 15) is 4.79 Å². The van der Waals surface area contributed by atoms with Gasteiger partial charge in [-0.15, -0.1) is 0 Å². The number of rotatable bonds is 6. The molecule has 1 unspecified atom stereocenters. The van der Waals surface area contributed by atoms with E-state index >= 15 is 0 Å². The van der Waals surface area contributed by atoms with Crippen LogP contribution in [0.15, 0.2) is 0 Å². The summed E-state index contributed by atoms with van der Waals surface area (Å²) >= 11 is 0. The molecular formula is C8H17NO3. The molecule has 4 heteroatoms. The molecule has 0 rings (SSSR count). The van der Waals surface area contributed by atoms with Crippen molar-refractivity contribution in [2.75, 3.05) is 13.2 Å². The van der Waals surface area contributed by atoms with Crippen LogP contribution in [0.4, 0.5) is 0 Å². The molecular weight excluding hydrogens is 158 g/mol. The average molecular weight is 175 g/mol. The number of ether oxygens (including phenoxy) is 1. The number of aliphatic hydroxyl groups excluding tert-OH is 1. The van der Waals surface area contributed by atoms with Crippen LogP contribution in [-0.4, -0.2) is 30.3 Å². The summed E-state index contributed by atoms with van der Waals surface area (Å²) < 4.78 is 4.82. The molecule has 12 heavy (non-hydrogen) atoms. The van der Waals surface area contributed by atoms with Gasteiger partial charge in [-0.25, -0.2) is 0 Å². The Morgan fingerprint density at radius 2 is 2.33 bits per heavy atom. The summed E-state index contributed by atoms with van der Waals surface area (Å²) in [7, 11) is 0. The highest BCUT2D eigenvalue weighted by atomic mass is 16.5. The van der Waals surface area contributed by atoms with Gasteiger partial charge in [0, 0.05) is 6.04 Å². The first kappa shape index (κ1) is 11.4. The van der Waals surface area contributed by atoms with Crippen LogP contribution in [0.3, 0.4) is 0 Å². The number of unbranched alkanes of at least 4 members (excludes halogenated alkanes) is 1. The molecule has 72 valence electrons. The minimum absolute atomic E-state index is 0.0974. The third-order valence-electron chi connectivity index (χ3n) is 1.42. The zero-order valence-electron chi connectivity index (χ0n) is 7.45. The van der Waals surface area contributed by atoms with E-state index < -0.39 is 6.04 Å². The van der Waals surface area contributed by atoms with Gasteiger partial charge in [0.15, 0.2) is 0 Å². The van der Waals surface area contributed by atoms with Gasteiger partial charge in [-0.2, -0.15) is 0 Å². The van der Waals surface area contributed by atoms with Crippen molar-refractivity contribution in [2.45, 2.75) is 32.2 Å². The Labute approximate surface area is 72.7 Å². The summed E-state index contributed by atoms with van der Waals surface area (Å²) in [6.07, 6.45) is 1.97. The normalized spacial score (nSPS) is 12.6. The Balaban J connectivity index is 3.33. The van der Waals surface area contributed by atoms with Crippen LogP contribution in [0.2, 0.25) is 0 Å². The van der Waals surface area contributed by atoms with E-state index in [-0.39, 0.29) is 19.0 Å². The SMILES string of the molecule is CCCCOC(=O)CC(N)CO. The van der Waals surface area contributed by atoms with Gasteiger partial charge in [-0.1, -0.05) is 13.3 Å². The van der Waals surface area contributed by atoms with Crippen LogP contribution in [0.1, 0.15) is 26.2 Å². The maximum absolute atomic E-state index is 10.9. The summed E-state index contributed by atoms with van der Waals surface area (Å²) in [5.41, 5.74) is 5.33. The van der Waals surface area contributed by atoms with Crippen molar-refractivity contribution in [3.63, 3.8) is 0 Å². The predicted octanol–water partition coefficient (Wildman–Crippen LogP) is 0.0394. The Morgan fingerprint density at radius 3 is 2.83 bits per heavy atom. The molecule has 0 bridgehead atoms. The van der Waals surface area contributed by atoms with E-state index in [4.69, 9.17) is 15.6 Å². The second-order valence-electron chi connectivity index (χ2n) is 2.72. The molecule has 0 fully saturated rings. The van der Waals surface area contributed by atoms with E-state index in [0.29, 0.717) is 6.61 Å². The first-order valence-electron chi connectivity index (χ1n) is 4.22. The molecule has 0 aromatic heterocycles. The van der Waals surface area contributed by atoms with Crippen LogP contribution in [0, 0.1) is 0 Å². The zero-order chi connectivity index (χ0) is 9.40. The molecule has 4 nitrogen and oxygen atoms in total. The molecule has 0 aliphatic carbocycles. The van der Waals surface area contributed by atoms with Crippen molar-refractivity contribution in [1.29, 1.82) is 0 Å². The lowest BCUT2D eigenvalue weighted by Crippen LogP contribution is -2.28. The van der Waals surface area contributed by atoms with E-state index in [1.807, 2.05) is 6.92 Å². The lowest BCUT2D eigenvalue weighted by atomic mass is 10.2. The standard InChI is InChI=1S/C8H17NO3/c1-2-3-4-12-8(11)5-7(9)6-10/h7,10H,2-6,9H2,1H3. The van der Waals surface area contributed by atoms with Crippen molar-refractivity contribution in [3.05, 3.63) is 0 Å². The lowest BCUT2D eigenvalue weighted by Gasteiger charge is -2.07. The van der Waals surface area contributed by atoms with E-state index in [1.54, 1.807) is 0 Å². The van der Waals surface area contributed by atoms with Crippen LogP contribution < -0.4 is 5.73 Å². The lowest BCUT2D eigenvalue weighted by molar-refractivity contribution is -0.144. The van der Waals surface area contributed by atoms with Crippen LogP contribution in [0.25, 0.3) is 0 Å². The number of esters is 1. The Hall–Kier alpha value is -0.610. The Bertz CT molecular complexity index is 127. The minimum atomic E-state index is -0.487. The quantitative estimate of drug-likeness (QED) is 0.441. The van der Waals surface area contributed by atoms with Gasteiger partial charge in [0.05, 0.1) is 19.6 Å². The van der Waals surface area contributed by atoms with Gasteiger partial charge in [-0.3, -0.25) is 4.79 Å². The molecule has 0 radical (unpaired) electrons. The Morgan fingerprint density at radius 1 is 1.67 bits per heavy atom. The van der Waals surface area contributed by atoms with Gasteiger partial charge in [0.25, 0.3) is 0 Å². The van der Waals surface area contributed by atoms with Crippen LogP contribution in [-0.2, 0) is 9.53 Å². The third-order valence-corrected chi connectivity index (χ3v) is 1.42. The number of aliphatic hydroxyl groups is 1. The molecule has 0 aliphatic heterocycles. The van der Waals surface area contributed by atoms with Crippen LogP contribution >= 0.6 is 0 Å². The first-order chi connectivity index (χ1) is 5.70. The topological polar surface area (TPSA) is 72.5 Å². The number of hydrogen-bond donors (Lipinski definition) is 2. The zero-order valence-corrected chi connectivity index (χ0v) is 7.45. The molecule has 0 saturated heterocycles. The summed E-state index contributed by atoms with van der Waals surface area (Å²) in [5.74, 6) is -0.329. The number of hydrogen-bond acceptors (Lipinski definition) is 4. The van der Waals surface area contributed by atoms with Crippen LogP contribution in [0.5, 0.6) is 0 Å². The molecule has 1 atom stereocenters. The van der Waals surface area contributed by atoms with E-state index in [2.05, 4.69) is 0 Å². The van der Waals surface area contributed by atoms with E-state index in [1.165, 1.54) is 0 Å². The van der Waals surface area contributed by atoms with Gasteiger partial charge in [0.2, 0.25) is 0 Å². The van der Waals surface area contributed by atoms with Gasteiger partial charge >= 0.3 is 5.97 Å². The monoisotopic (exact) mass is 175 g/mol. The van der Waals surface area contributed by atoms with Gasteiger partial charge in [-0.05, 0) is 6.42 Å². The molecule has 0 spiro atoms. The molecule has 0 aliphatic rings. The fourth-order valence-electron chi connectivity index (χ4n) is 0.668. The molecule has 0 aromatic carbocycles. The number of carbonyl (C=O) groups is 1. The predicted molar refractivity (Wildman–Crippen MR) is 45.5 cm³/mol. The third kappa shape index (κ3) is 6.12.